The molecule has 0 heterocycles. The first-order valence-electron chi connectivity index (χ1n) is 14.6. The van der Waals surface area contributed by atoms with E-state index >= 15 is 0 Å². The maximum absolute atomic E-state index is 2.53. The fraction of sp³-hybridized carbons (Fsp3) is 0.588. The number of hydrogen-bond donors (Lipinski definition) is 0. The van der Waals surface area contributed by atoms with E-state index < -0.39 is 0 Å². The molecule has 0 saturated heterocycles. The molecule has 2 aromatic carbocycles. The van der Waals surface area contributed by atoms with Gasteiger partial charge in [-0.3, -0.25) is 0 Å². The van der Waals surface area contributed by atoms with Crippen LogP contribution in [-0.2, 0) is 6.42 Å². The molecule has 0 bridgehead atoms. The van der Waals surface area contributed by atoms with E-state index in [-0.39, 0.29) is 0 Å². The second-order valence-corrected chi connectivity index (χ2v) is 11.3. The number of allylic oxidation sites excluding steroid dienone is 4. The largest absolute Gasteiger partial charge is 0.0917 e. The predicted octanol–water partition coefficient (Wildman–Crippen LogP) is 10.6. The minimum Gasteiger partial charge on any atom is -0.0917 e. The molecule has 0 radical (unpaired) electrons. The van der Waals surface area contributed by atoms with Gasteiger partial charge in [-0.1, -0.05) is 86.9 Å². The second-order valence-electron chi connectivity index (χ2n) is 11.3. The van der Waals surface area contributed by atoms with E-state index in [9.17, 15) is 0 Å². The number of hydrogen-bond acceptors (Lipinski definition) is 0. The Morgan fingerprint density at radius 1 is 0.735 bits per heavy atom. The predicted molar refractivity (Wildman–Crippen MR) is 151 cm³/mol. The van der Waals surface area contributed by atoms with Crippen LogP contribution in [0.2, 0.25) is 0 Å². The van der Waals surface area contributed by atoms with Gasteiger partial charge in [0.25, 0.3) is 0 Å². The average Bonchev–Trinajstić information content (AvgIpc) is 2.88. The molecule has 2 saturated carbocycles. The third-order valence-electron chi connectivity index (χ3n) is 8.82. The summed E-state index contributed by atoms with van der Waals surface area (Å²) in [6.45, 7) is 4.38. The summed E-state index contributed by atoms with van der Waals surface area (Å²) in [4.78, 5) is 0. The Bertz CT molecular complexity index is 916. The van der Waals surface area contributed by atoms with Crippen molar-refractivity contribution in [3.63, 3.8) is 0 Å². The van der Waals surface area contributed by atoms with Gasteiger partial charge in [0, 0.05) is 0 Å². The zero-order chi connectivity index (χ0) is 23.6. The number of aryl methyl sites for hydroxylation is 1. The molecule has 2 aliphatic rings. The Morgan fingerprint density at radius 2 is 1.41 bits per heavy atom. The minimum absolute atomic E-state index is 0.778. The highest BCUT2D eigenvalue weighted by molar-refractivity contribution is 5.84. The standard InChI is InChI=1S/C34H48/c1-3-5-7-9-27-11-13-28(14-12-27)15-16-29-17-20-31(21-18-29)33-24-23-32-25-30(10-8-6-4-2)19-22-34(32)26-33/h4,6-7,9,19,22-29,31H,3,5,8,10-18,20-21H2,1-2H3/b6-4+,9-7+. The molecule has 184 valence electrons. The molecule has 2 fully saturated rings. The summed E-state index contributed by atoms with van der Waals surface area (Å²) in [5.41, 5.74) is 3.04. The van der Waals surface area contributed by atoms with Crippen molar-refractivity contribution >= 4 is 10.8 Å². The molecule has 0 nitrogen and oxygen atoms in total. The van der Waals surface area contributed by atoms with Gasteiger partial charge in [-0.05, 0) is 123 Å². The highest BCUT2D eigenvalue weighted by Crippen LogP contribution is 2.40. The Labute approximate surface area is 209 Å². The molecule has 34 heavy (non-hydrogen) atoms. The molecule has 0 spiro atoms. The van der Waals surface area contributed by atoms with Crippen LogP contribution in [0, 0.1) is 17.8 Å². The normalized spacial score (nSPS) is 26.1. The number of benzene rings is 2. The van der Waals surface area contributed by atoms with Crippen molar-refractivity contribution in [1.29, 1.82) is 0 Å². The second kappa shape index (κ2) is 13.3. The van der Waals surface area contributed by atoms with Crippen LogP contribution in [0.1, 0.15) is 114 Å². The molecular weight excluding hydrogens is 408 g/mol. The smallest absolute Gasteiger partial charge is 0.0162 e. The summed E-state index contributed by atoms with van der Waals surface area (Å²) in [6.07, 6.45) is 28.7. The number of rotatable bonds is 10. The lowest BCUT2D eigenvalue weighted by molar-refractivity contribution is 0.246. The van der Waals surface area contributed by atoms with Crippen LogP contribution in [0.25, 0.3) is 10.8 Å². The van der Waals surface area contributed by atoms with E-state index in [1.807, 2.05) is 0 Å². The van der Waals surface area contributed by atoms with Crippen LogP contribution >= 0.6 is 0 Å². The summed E-state index contributed by atoms with van der Waals surface area (Å²) < 4.78 is 0. The Morgan fingerprint density at radius 3 is 2.12 bits per heavy atom. The average molecular weight is 457 g/mol. The van der Waals surface area contributed by atoms with Crippen LogP contribution in [0.5, 0.6) is 0 Å². The molecule has 0 aromatic heterocycles. The fourth-order valence-electron chi connectivity index (χ4n) is 6.52. The summed E-state index contributed by atoms with van der Waals surface area (Å²) in [5, 5.41) is 2.83. The van der Waals surface area contributed by atoms with Crippen molar-refractivity contribution in [3.8, 4) is 0 Å². The van der Waals surface area contributed by atoms with E-state index in [2.05, 4.69) is 74.5 Å². The highest BCUT2D eigenvalue weighted by atomic mass is 14.3. The van der Waals surface area contributed by atoms with Crippen molar-refractivity contribution in [2.75, 3.05) is 0 Å². The fourth-order valence-corrected chi connectivity index (χ4v) is 6.52. The van der Waals surface area contributed by atoms with Gasteiger partial charge >= 0.3 is 0 Å². The topological polar surface area (TPSA) is 0 Å². The molecule has 0 amide bonds. The lowest BCUT2D eigenvalue weighted by atomic mass is 9.74. The summed E-state index contributed by atoms with van der Waals surface area (Å²) in [7, 11) is 0. The first kappa shape index (κ1) is 25.3. The van der Waals surface area contributed by atoms with Gasteiger partial charge < -0.3 is 0 Å². The van der Waals surface area contributed by atoms with Gasteiger partial charge in [0.05, 0.1) is 0 Å². The highest BCUT2D eigenvalue weighted by Gasteiger charge is 2.25. The molecule has 2 aliphatic carbocycles. The van der Waals surface area contributed by atoms with Crippen molar-refractivity contribution in [2.45, 2.75) is 110 Å². The molecule has 2 aromatic rings. The van der Waals surface area contributed by atoms with E-state index in [1.54, 1.807) is 5.56 Å². The Hall–Kier alpha value is -1.82. The lowest BCUT2D eigenvalue weighted by Gasteiger charge is -2.31. The van der Waals surface area contributed by atoms with Gasteiger partial charge in [-0.15, -0.1) is 0 Å². The van der Waals surface area contributed by atoms with Gasteiger partial charge in [0.2, 0.25) is 0 Å². The summed E-state index contributed by atoms with van der Waals surface area (Å²) in [5.74, 6) is 3.65. The summed E-state index contributed by atoms with van der Waals surface area (Å²) in [6, 6.07) is 14.4. The third-order valence-corrected chi connectivity index (χ3v) is 8.82. The molecular formula is C34H48. The van der Waals surface area contributed by atoms with E-state index in [1.165, 1.54) is 93.4 Å². The van der Waals surface area contributed by atoms with Crippen LogP contribution in [-0.4, -0.2) is 0 Å². The van der Waals surface area contributed by atoms with Crippen molar-refractivity contribution in [2.24, 2.45) is 17.8 Å². The van der Waals surface area contributed by atoms with Crippen LogP contribution in [0.3, 0.4) is 0 Å². The minimum atomic E-state index is 0.778. The van der Waals surface area contributed by atoms with Crippen molar-refractivity contribution in [3.05, 3.63) is 71.8 Å². The van der Waals surface area contributed by atoms with Gasteiger partial charge in [-0.25, -0.2) is 0 Å². The molecule has 0 unspecified atom stereocenters. The maximum atomic E-state index is 2.53. The third kappa shape index (κ3) is 7.34. The van der Waals surface area contributed by atoms with Crippen LogP contribution < -0.4 is 0 Å². The first-order valence-corrected chi connectivity index (χ1v) is 14.6. The Balaban J connectivity index is 1.20. The molecule has 0 N–H and O–H groups in total. The SMILES string of the molecule is C/C=C/CCc1ccc2cc(C3CCC(CCC4CCC(/C=C/CCC)CC4)CC3)ccc2c1. The first-order chi connectivity index (χ1) is 16.7. The summed E-state index contributed by atoms with van der Waals surface area (Å²) >= 11 is 0. The van der Waals surface area contributed by atoms with Gasteiger partial charge in [-0.2, -0.15) is 0 Å². The monoisotopic (exact) mass is 456 g/mol. The van der Waals surface area contributed by atoms with Crippen LogP contribution in [0.4, 0.5) is 0 Å². The molecule has 0 heteroatoms. The zero-order valence-electron chi connectivity index (χ0n) is 22.0. The van der Waals surface area contributed by atoms with E-state index in [0.29, 0.717) is 0 Å². The van der Waals surface area contributed by atoms with E-state index in [0.717, 1.165) is 36.5 Å². The maximum Gasteiger partial charge on any atom is -0.0162 e. The quantitative estimate of drug-likeness (QED) is 0.312. The van der Waals surface area contributed by atoms with Gasteiger partial charge in [0.15, 0.2) is 0 Å². The van der Waals surface area contributed by atoms with Crippen LogP contribution in [0.15, 0.2) is 60.7 Å². The number of fused-ring (bicyclic) bond motifs is 1. The Kier molecular flexibility index (Phi) is 9.90. The number of unbranched alkanes of at least 4 members (excludes halogenated alkanes) is 1. The van der Waals surface area contributed by atoms with Gasteiger partial charge in [0.1, 0.15) is 0 Å². The molecule has 0 atom stereocenters. The molecule has 0 aliphatic heterocycles. The zero-order valence-corrected chi connectivity index (χ0v) is 22.0. The van der Waals surface area contributed by atoms with Crippen molar-refractivity contribution < 1.29 is 0 Å². The molecule has 4 rings (SSSR count). The van der Waals surface area contributed by atoms with Crippen molar-refractivity contribution in [1.82, 2.24) is 0 Å². The van der Waals surface area contributed by atoms with E-state index in [4.69, 9.17) is 0 Å². The lowest BCUT2D eigenvalue weighted by Crippen LogP contribution is -2.17.